The minimum atomic E-state index is -0.497. The minimum Gasteiger partial charge on any atom is -0.348 e. The summed E-state index contributed by atoms with van der Waals surface area (Å²) in [5, 5.41) is 2.70. The van der Waals surface area contributed by atoms with E-state index in [0.717, 1.165) is 0 Å². The molecule has 1 amide bonds. The second-order valence-corrected chi connectivity index (χ2v) is 4.40. The van der Waals surface area contributed by atoms with Gasteiger partial charge in [0.15, 0.2) is 0 Å². The Morgan fingerprint density at radius 3 is 2.90 bits per heavy atom. The predicted molar refractivity (Wildman–Crippen MR) is 74.6 cm³/mol. The summed E-state index contributed by atoms with van der Waals surface area (Å²) < 4.78 is 13.0. The predicted octanol–water partition coefficient (Wildman–Crippen LogP) is 2.09. The molecule has 0 saturated carbocycles. The summed E-state index contributed by atoms with van der Waals surface area (Å²) in [6, 6.07) is 5.85. The molecule has 20 heavy (non-hydrogen) atoms. The van der Waals surface area contributed by atoms with Crippen LogP contribution in [0.3, 0.4) is 0 Å². The van der Waals surface area contributed by atoms with Crippen LogP contribution in [0.15, 0.2) is 36.7 Å². The second kappa shape index (κ2) is 6.31. The first-order chi connectivity index (χ1) is 9.61. The molecule has 1 aromatic heterocycles. The van der Waals surface area contributed by atoms with Gasteiger partial charge in [-0.25, -0.2) is 4.39 Å². The number of amides is 1. The number of carbonyl (C=O) groups is 1. The topological polar surface area (TPSA) is 80.0 Å². The van der Waals surface area contributed by atoms with Gasteiger partial charge in [-0.2, -0.15) is 0 Å². The second-order valence-electron chi connectivity index (χ2n) is 4.00. The average molecular weight is 295 g/mol. The maximum Gasteiger partial charge on any atom is 0.255 e. The maximum absolute atomic E-state index is 13.0. The SMILES string of the molecule is NNc1ccncc1C(=O)NCc1ccc(F)c(Cl)c1. The van der Waals surface area contributed by atoms with Crippen LogP contribution in [0.4, 0.5) is 10.1 Å². The number of nitrogens with one attached hydrogen (secondary N) is 2. The number of hydrogen-bond donors (Lipinski definition) is 3. The van der Waals surface area contributed by atoms with Crippen molar-refractivity contribution in [2.45, 2.75) is 6.54 Å². The third-order valence-corrected chi connectivity index (χ3v) is 2.95. The van der Waals surface area contributed by atoms with Crippen molar-refractivity contribution in [2.75, 3.05) is 5.43 Å². The lowest BCUT2D eigenvalue weighted by atomic mass is 10.2. The third-order valence-electron chi connectivity index (χ3n) is 2.66. The Morgan fingerprint density at radius 2 is 2.20 bits per heavy atom. The van der Waals surface area contributed by atoms with Crippen LogP contribution in [0.2, 0.25) is 5.02 Å². The summed E-state index contributed by atoms with van der Waals surface area (Å²) in [6.07, 6.45) is 2.92. The van der Waals surface area contributed by atoms with Crippen LogP contribution in [0.25, 0.3) is 0 Å². The first-order valence-corrected chi connectivity index (χ1v) is 6.12. The number of aromatic nitrogens is 1. The zero-order chi connectivity index (χ0) is 14.5. The number of benzene rings is 1. The Balaban J connectivity index is 2.06. The molecule has 104 valence electrons. The van der Waals surface area contributed by atoms with Crippen molar-refractivity contribution in [3.63, 3.8) is 0 Å². The number of nitrogen functional groups attached to an aromatic ring is 1. The number of halogens is 2. The Bertz CT molecular complexity index is 636. The molecule has 1 heterocycles. The smallest absolute Gasteiger partial charge is 0.255 e. The fourth-order valence-electron chi connectivity index (χ4n) is 1.63. The van der Waals surface area contributed by atoms with Gasteiger partial charge in [0.2, 0.25) is 0 Å². The van der Waals surface area contributed by atoms with Crippen molar-refractivity contribution in [1.29, 1.82) is 0 Å². The number of carbonyl (C=O) groups excluding carboxylic acids is 1. The van der Waals surface area contributed by atoms with Gasteiger partial charge in [0, 0.05) is 18.9 Å². The molecule has 0 bridgehead atoms. The van der Waals surface area contributed by atoms with Crippen LogP contribution in [0, 0.1) is 5.82 Å². The molecule has 0 saturated heterocycles. The van der Waals surface area contributed by atoms with Gasteiger partial charge in [-0.3, -0.25) is 15.6 Å². The van der Waals surface area contributed by atoms with Crippen molar-refractivity contribution >= 4 is 23.2 Å². The molecule has 0 radical (unpaired) electrons. The van der Waals surface area contributed by atoms with Gasteiger partial charge < -0.3 is 10.7 Å². The number of rotatable bonds is 4. The van der Waals surface area contributed by atoms with Crippen molar-refractivity contribution in [3.8, 4) is 0 Å². The molecule has 1 aromatic carbocycles. The summed E-state index contributed by atoms with van der Waals surface area (Å²) in [6.45, 7) is 0.220. The van der Waals surface area contributed by atoms with E-state index in [1.807, 2.05) is 0 Å². The minimum absolute atomic E-state index is 0.0161. The Hall–Kier alpha value is -2.18. The molecular weight excluding hydrogens is 283 g/mol. The van der Waals surface area contributed by atoms with Gasteiger partial charge in [-0.15, -0.1) is 0 Å². The van der Waals surface area contributed by atoms with Crippen LogP contribution in [0.1, 0.15) is 15.9 Å². The van der Waals surface area contributed by atoms with E-state index >= 15 is 0 Å². The Labute approximate surface area is 119 Å². The van der Waals surface area contributed by atoms with Gasteiger partial charge in [0.25, 0.3) is 5.91 Å². The van der Waals surface area contributed by atoms with E-state index in [1.54, 1.807) is 12.1 Å². The molecule has 2 aromatic rings. The van der Waals surface area contributed by atoms with E-state index in [0.29, 0.717) is 16.8 Å². The van der Waals surface area contributed by atoms with Gasteiger partial charge in [-0.1, -0.05) is 17.7 Å². The number of hydrogen-bond acceptors (Lipinski definition) is 4. The summed E-state index contributed by atoms with van der Waals surface area (Å²) in [5.74, 6) is 4.48. The highest BCUT2D eigenvalue weighted by Crippen LogP contribution is 2.16. The van der Waals surface area contributed by atoms with Crippen molar-refractivity contribution in [3.05, 3.63) is 58.6 Å². The van der Waals surface area contributed by atoms with Crippen LogP contribution in [-0.2, 0) is 6.54 Å². The van der Waals surface area contributed by atoms with Gasteiger partial charge in [0.1, 0.15) is 5.82 Å². The van der Waals surface area contributed by atoms with Crippen LogP contribution >= 0.6 is 11.6 Å². The molecule has 0 aliphatic carbocycles. The highest BCUT2D eigenvalue weighted by molar-refractivity contribution is 6.30. The third kappa shape index (κ3) is 3.23. The molecule has 0 aliphatic rings. The molecule has 0 spiro atoms. The van der Waals surface area contributed by atoms with Crippen molar-refractivity contribution < 1.29 is 9.18 Å². The zero-order valence-corrected chi connectivity index (χ0v) is 11.1. The summed E-state index contributed by atoms with van der Waals surface area (Å²) in [4.78, 5) is 15.9. The number of nitrogens with two attached hydrogens (primary N) is 1. The van der Waals surface area contributed by atoms with Crippen LogP contribution < -0.4 is 16.6 Å². The van der Waals surface area contributed by atoms with Crippen LogP contribution in [-0.4, -0.2) is 10.9 Å². The van der Waals surface area contributed by atoms with Crippen molar-refractivity contribution in [2.24, 2.45) is 5.84 Å². The van der Waals surface area contributed by atoms with Crippen molar-refractivity contribution in [1.82, 2.24) is 10.3 Å². The Morgan fingerprint density at radius 1 is 1.40 bits per heavy atom. The highest BCUT2D eigenvalue weighted by Gasteiger charge is 2.10. The summed E-state index contributed by atoms with van der Waals surface area (Å²) in [7, 11) is 0. The normalized spacial score (nSPS) is 10.2. The molecule has 7 heteroatoms. The van der Waals surface area contributed by atoms with E-state index in [4.69, 9.17) is 17.4 Å². The number of anilines is 1. The van der Waals surface area contributed by atoms with E-state index in [-0.39, 0.29) is 17.5 Å². The molecule has 0 unspecified atom stereocenters. The van der Waals surface area contributed by atoms with E-state index < -0.39 is 5.82 Å². The largest absolute Gasteiger partial charge is 0.348 e. The molecule has 5 nitrogen and oxygen atoms in total. The molecule has 0 atom stereocenters. The lowest BCUT2D eigenvalue weighted by molar-refractivity contribution is 0.0951. The number of nitrogens with zero attached hydrogens (tertiary/aromatic N) is 1. The number of pyridine rings is 1. The van der Waals surface area contributed by atoms with E-state index in [9.17, 15) is 9.18 Å². The fraction of sp³-hybridized carbons (Fsp3) is 0.0769. The van der Waals surface area contributed by atoms with E-state index in [2.05, 4.69) is 15.7 Å². The summed E-state index contributed by atoms with van der Waals surface area (Å²) in [5.41, 5.74) is 3.90. The van der Waals surface area contributed by atoms with Gasteiger partial charge >= 0.3 is 0 Å². The Kier molecular flexibility index (Phi) is 4.49. The molecule has 0 fully saturated rings. The van der Waals surface area contributed by atoms with E-state index in [1.165, 1.54) is 24.5 Å². The molecule has 4 N–H and O–H groups in total. The van der Waals surface area contributed by atoms with Crippen LogP contribution in [0.5, 0.6) is 0 Å². The maximum atomic E-state index is 13.0. The first-order valence-electron chi connectivity index (χ1n) is 5.74. The highest BCUT2D eigenvalue weighted by atomic mass is 35.5. The lowest BCUT2D eigenvalue weighted by Crippen LogP contribution is -2.25. The van der Waals surface area contributed by atoms with Gasteiger partial charge in [-0.05, 0) is 23.8 Å². The molecule has 0 aliphatic heterocycles. The monoisotopic (exact) mass is 294 g/mol. The molecule has 2 rings (SSSR count). The summed E-state index contributed by atoms with van der Waals surface area (Å²) >= 11 is 5.67. The fourth-order valence-corrected chi connectivity index (χ4v) is 1.83. The standard InChI is InChI=1S/C13H12ClFN4O/c14-10-5-8(1-2-11(10)15)6-18-13(20)9-7-17-4-3-12(9)19-16/h1-5,7H,6,16H2,(H,17,19)(H,18,20). The lowest BCUT2D eigenvalue weighted by Gasteiger charge is -2.09. The molecular formula is C13H12ClFN4O. The quantitative estimate of drug-likeness (QED) is 0.596. The van der Waals surface area contributed by atoms with Gasteiger partial charge in [0.05, 0.1) is 16.3 Å². The zero-order valence-electron chi connectivity index (χ0n) is 10.4. The average Bonchev–Trinajstić information content (AvgIpc) is 2.48. The number of hydrazine groups is 1. The first kappa shape index (κ1) is 14.2.